The van der Waals surface area contributed by atoms with E-state index in [-0.39, 0.29) is 0 Å². The molecule has 0 aromatic heterocycles. The van der Waals surface area contributed by atoms with Gasteiger partial charge in [0.15, 0.2) is 0 Å². The predicted octanol–water partition coefficient (Wildman–Crippen LogP) is 5.26. The zero-order valence-corrected chi connectivity index (χ0v) is 20.9. The minimum Gasteiger partial charge on any atom is -0.399 e. The quantitative estimate of drug-likeness (QED) is 0.291. The van der Waals surface area contributed by atoms with Crippen molar-refractivity contribution in [1.29, 1.82) is 0 Å². The van der Waals surface area contributed by atoms with E-state index in [4.69, 9.17) is 5.73 Å². The molecule has 0 saturated heterocycles. The van der Waals surface area contributed by atoms with Crippen molar-refractivity contribution in [2.24, 2.45) is 0 Å². The third-order valence-electron chi connectivity index (χ3n) is 7.30. The Hall–Kier alpha value is -4.04. The molecule has 0 amide bonds. The standard InChI is InChI=1S/C24H20B.C9H13N/c1-5-13-21(14-6-1)25(22-15-7-2-8-16-22,23-17-9-3-10-18-23)24-19-11-4-12-20-24;1-6-4-5-9(10)8(3)7(6)2/h1-20H;4-5H,10H2,1-3H3/q-1;. The van der Waals surface area contributed by atoms with Gasteiger partial charge >= 0.3 is 0 Å². The van der Waals surface area contributed by atoms with E-state index in [1.165, 1.54) is 38.5 Å². The molecule has 0 radical (unpaired) electrons. The average Bonchev–Trinajstić information content (AvgIpc) is 2.93. The molecule has 0 unspecified atom stereocenters. The average molecular weight is 454 g/mol. The Morgan fingerprint density at radius 2 is 0.714 bits per heavy atom. The predicted molar refractivity (Wildman–Crippen MR) is 155 cm³/mol. The maximum atomic E-state index is 5.69. The largest absolute Gasteiger partial charge is 0.399 e. The number of aryl methyl sites for hydroxylation is 1. The molecule has 0 atom stereocenters. The Bertz CT molecular complexity index is 1160. The van der Waals surface area contributed by atoms with Gasteiger partial charge in [-0.1, -0.05) is 127 Å². The molecule has 0 aliphatic heterocycles. The molecule has 174 valence electrons. The minimum atomic E-state index is -1.22. The summed E-state index contributed by atoms with van der Waals surface area (Å²) in [5, 5.41) is 0. The van der Waals surface area contributed by atoms with Crippen LogP contribution in [0.2, 0.25) is 0 Å². The molecule has 0 spiro atoms. The summed E-state index contributed by atoms with van der Waals surface area (Å²) in [4.78, 5) is 0. The van der Waals surface area contributed by atoms with Crippen molar-refractivity contribution in [2.75, 3.05) is 5.73 Å². The number of rotatable bonds is 4. The van der Waals surface area contributed by atoms with Crippen LogP contribution in [0.3, 0.4) is 0 Å². The van der Waals surface area contributed by atoms with Crippen LogP contribution in [0.5, 0.6) is 0 Å². The van der Waals surface area contributed by atoms with Crippen LogP contribution < -0.4 is 27.6 Å². The van der Waals surface area contributed by atoms with Crippen molar-refractivity contribution in [1.82, 2.24) is 0 Å². The van der Waals surface area contributed by atoms with Gasteiger partial charge in [-0.25, -0.2) is 0 Å². The SMILES string of the molecule is Cc1ccc(N)c(C)c1C.c1ccc([B-](c2ccccc2)(c2ccccc2)c2ccccc2)cc1. The van der Waals surface area contributed by atoms with Crippen LogP contribution in [0.25, 0.3) is 0 Å². The van der Waals surface area contributed by atoms with Gasteiger partial charge in [-0.3, -0.25) is 0 Å². The summed E-state index contributed by atoms with van der Waals surface area (Å²) < 4.78 is 0. The van der Waals surface area contributed by atoms with Crippen molar-refractivity contribution in [2.45, 2.75) is 20.8 Å². The third-order valence-corrected chi connectivity index (χ3v) is 7.30. The molecule has 0 saturated carbocycles. The normalized spacial score (nSPS) is 10.8. The van der Waals surface area contributed by atoms with Crippen LogP contribution in [0.1, 0.15) is 16.7 Å². The van der Waals surface area contributed by atoms with E-state index >= 15 is 0 Å². The number of hydrogen-bond acceptors (Lipinski definition) is 1. The first-order valence-corrected chi connectivity index (χ1v) is 12.2. The summed E-state index contributed by atoms with van der Waals surface area (Å²) in [5.41, 5.74) is 15.8. The van der Waals surface area contributed by atoms with Gasteiger partial charge in [0.25, 0.3) is 0 Å². The second kappa shape index (κ2) is 10.9. The molecule has 0 aliphatic carbocycles. The number of anilines is 1. The van der Waals surface area contributed by atoms with Crippen molar-refractivity contribution >= 4 is 33.7 Å². The Morgan fingerprint density at radius 1 is 0.400 bits per heavy atom. The highest BCUT2D eigenvalue weighted by Crippen LogP contribution is 2.18. The van der Waals surface area contributed by atoms with E-state index in [0.717, 1.165) is 5.69 Å². The smallest absolute Gasteiger partial charge is 0.108 e. The van der Waals surface area contributed by atoms with E-state index in [1.807, 2.05) is 6.07 Å². The molecule has 0 fully saturated rings. The lowest BCUT2D eigenvalue weighted by Gasteiger charge is -2.44. The molecule has 0 aliphatic rings. The summed E-state index contributed by atoms with van der Waals surface area (Å²) >= 11 is 0. The molecule has 0 heterocycles. The molecule has 5 aromatic carbocycles. The number of nitrogen functional groups attached to an aromatic ring is 1. The highest BCUT2D eigenvalue weighted by Gasteiger charge is 2.30. The third kappa shape index (κ3) is 4.93. The molecule has 2 heteroatoms. The topological polar surface area (TPSA) is 26.0 Å². The fraction of sp³-hybridized carbons (Fsp3) is 0.0909. The van der Waals surface area contributed by atoms with Crippen LogP contribution >= 0.6 is 0 Å². The van der Waals surface area contributed by atoms with E-state index < -0.39 is 6.15 Å². The minimum absolute atomic E-state index is 0.892. The number of hydrogen-bond donors (Lipinski definition) is 1. The summed E-state index contributed by atoms with van der Waals surface area (Å²) in [7, 11) is 0. The second-order valence-corrected chi connectivity index (χ2v) is 9.23. The first kappa shape index (κ1) is 24.1. The Labute approximate surface area is 210 Å². The van der Waals surface area contributed by atoms with Crippen LogP contribution in [-0.2, 0) is 0 Å². The van der Waals surface area contributed by atoms with E-state index in [1.54, 1.807) is 0 Å². The van der Waals surface area contributed by atoms with E-state index in [0.29, 0.717) is 0 Å². The first-order valence-electron chi connectivity index (χ1n) is 12.2. The fourth-order valence-corrected chi connectivity index (χ4v) is 5.10. The lowest BCUT2D eigenvalue weighted by molar-refractivity contribution is 1.27. The summed E-state index contributed by atoms with van der Waals surface area (Å²) in [5.74, 6) is 0. The van der Waals surface area contributed by atoms with Crippen LogP contribution in [-0.4, -0.2) is 6.15 Å². The highest BCUT2D eigenvalue weighted by molar-refractivity contribution is 7.19. The number of benzene rings is 5. The van der Waals surface area contributed by atoms with Crippen LogP contribution in [0.4, 0.5) is 5.69 Å². The monoisotopic (exact) mass is 454 g/mol. The summed E-state index contributed by atoms with van der Waals surface area (Å²) in [6.07, 6.45) is -1.22. The van der Waals surface area contributed by atoms with Crippen molar-refractivity contribution in [3.05, 3.63) is 150 Å². The second-order valence-electron chi connectivity index (χ2n) is 9.23. The molecule has 2 N–H and O–H groups in total. The van der Waals surface area contributed by atoms with Gasteiger partial charge < -0.3 is 5.73 Å². The van der Waals surface area contributed by atoms with Crippen molar-refractivity contribution in [3.63, 3.8) is 0 Å². The van der Waals surface area contributed by atoms with Crippen LogP contribution in [0, 0.1) is 20.8 Å². The molecular weight excluding hydrogens is 421 g/mol. The van der Waals surface area contributed by atoms with Gasteiger partial charge in [0.05, 0.1) is 0 Å². The Kier molecular flexibility index (Phi) is 7.52. The Morgan fingerprint density at radius 3 is 1.00 bits per heavy atom. The van der Waals surface area contributed by atoms with E-state index in [2.05, 4.69) is 148 Å². The molecule has 5 aromatic rings. The summed E-state index contributed by atoms with van der Waals surface area (Å²) in [6.45, 7) is 6.25. The maximum absolute atomic E-state index is 5.69. The van der Waals surface area contributed by atoms with Crippen molar-refractivity contribution < 1.29 is 0 Å². The lowest BCUT2D eigenvalue weighted by Crippen LogP contribution is -2.74. The van der Waals surface area contributed by atoms with Gasteiger partial charge in [0.2, 0.25) is 0 Å². The zero-order valence-electron chi connectivity index (χ0n) is 20.9. The van der Waals surface area contributed by atoms with E-state index in [9.17, 15) is 0 Å². The zero-order chi connectivity index (χ0) is 24.7. The van der Waals surface area contributed by atoms with Gasteiger partial charge in [-0.2, -0.15) is 21.9 Å². The van der Waals surface area contributed by atoms with Gasteiger partial charge in [0, 0.05) is 5.69 Å². The van der Waals surface area contributed by atoms with Gasteiger partial charge in [-0.05, 0) is 43.5 Å². The van der Waals surface area contributed by atoms with Crippen molar-refractivity contribution in [3.8, 4) is 0 Å². The van der Waals surface area contributed by atoms with Gasteiger partial charge in [-0.15, -0.1) is 0 Å². The molecule has 5 rings (SSSR count). The summed E-state index contributed by atoms with van der Waals surface area (Å²) in [6, 6.07) is 47.5. The first-order chi connectivity index (χ1) is 17.0. The number of nitrogens with two attached hydrogens (primary N) is 1. The van der Waals surface area contributed by atoms with Crippen LogP contribution in [0.15, 0.2) is 133 Å². The Balaban J connectivity index is 0.000000243. The molecule has 0 bridgehead atoms. The maximum Gasteiger partial charge on any atom is 0.108 e. The van der Waals surface area contributed by atoms with Gasteiger partial charge in [0.1, 0.15) is 6.15 Å². The highest BCUT2D eigenvalue weighted by atomic mass is 14.6. The fourth-order valence-electron chi connectivity index (χ4n) is 5.10. The lowest BCUT2D eigenvalue weighted by atomic mass is 9.13. The molecule has 35 heavy (non-hydrogen) atoms. The molecular formula is C33H33BN-. The molecule has 1 nitrogen and oxygen atoms in total.